The van der Waals surface area contributed by atoms with Gasteiger partial charge in [0.25, 0.3) is 0 Å². The summed E-state index contributed by atoms with van der Waals surface area (Å²) in [5.41, 5.74) is 0. The summed E-state index contributed by atoms with van der Waals surface area (Å²) < 4.78 is 32.6. The van der Waals surface area contributed by atoms with Crippen LogP contribution < -0.4 is 0 Å². The van der Waals surface area contributed by atoms with E-state index in [0.717, 1.165) is 0 Å². The molecule has 35 heavy (non-hydrogen) atoms. The number of ether oxygens (including phenoxy) is 6. The van der Waals surface area contributed by atoms with E-state index in [1.807, 2.05) is 0 Å². The van der Waals surface area contributed by atoms with Gasteiger partial charge in [-0.25, -0.2) is 0 Å². The second kappa shape index (κ2) is 12.3. The minimum atomic E-state index is -1.84. The molecule has 3 heterocycles. The van der Waals surface area contributed by atoms with Crippen molar-refractivity contribution in [2.75, 3.05) is 26.9 Å². The molecule has 3 aliphatic rings. The first kappa shape index (κ1) is 28.9. The van der Waals surface area contributed by atoms with Gasteiger partial charge in [-0.05, 0) is 0 Å². The summed E-state index contributed by atoms with van der Waals surface area (Å²) in [4.78, 5) is 0. The van der Waals surface area contributed by atoms with Crippen LogP contribution in [0.15, 0.2) is 0 Å². The van der Waals surface area contributed by atoms with Crippen molar-refractivity contribution in [3.63, 3.8) is 0 Å². The topological polar surface area (TPSA) is 258 Å². The van der Waals surface area contributed by atoms with Crippen molar-refractivity contribution in [3.05, 3.63) is 0 Å². The molecule has 0 aromatic rings. The lowest BCUT2D eigenvalue weighted by molar-refractivity contribution is -0.390. The van der Waals surface area contributed by atoms with Gasteiger partial charge in [-0.15, -0.1) is 0 Å². The molecule has 3 aliphatic heterocycles. The molecule has 0 aromatic heterocycles. The molecule has 16 nitrogen and oxygen atoms in total. The maximum atomic E-state index is 10.8. The van der Waals surface area contributed by atoms with Crippen molar-refractivity contribution in [2.24, 2.45) is 0 Å². The number of methoxy groups -OCH3 is 1. The van der Waals surface area contributed by atoms with Crippen molar-refractivity contribution in [3.8, 4) is 0 Å². The van der Waals surface area contributed by atoms with Crippen molar-refractivity contribution < 1.29 is 79.5 Å². The molecule has 16 heteroatoms. The fourth-order valence-corrected chi connectivity index (χ4v) is 4.20. The van der Waals surface area contributed by atoms with Gasteiger partial charge in [0.05, 0.1) is 19.8 Å². The maximum absolute atomic E-state index is 10.8. The van der Waals surface area contributed by atoms with Gasteiger partial charge in [-0.2, -0.15) is 0 Å². The molecule has 10 N–H and O–H groups in total. The van der Waals surface area contributed by atoms with E-state index < -0.39 is 112 Å². The Morgan fingerprint density at radius 1 is 0.486 bits per heavy atom. The highest BCUT2D eigenvalue weighted by molar-refractivity contribution is 4.96. The lowest BCUT2D eigenvalue weighted by Crippen LogP contribution is -2.67. The van der Waals surface area contributed by atoms with Crippen molar-refractivity contribution in [1.29, 1.82) is 0 Å². The Bertz CT molecular complexity index is 652. The molecule has 15 atom stereocenters. The van der Waals surface area contributed by atoms with E-state index in [1.54, 1.807) is 0 Å². The van der Waals surface area contributed by atoms with Crippen LogP contribution in [0.2, 0.25) is 0 Å². The van der Waals surface area contributed by atoms with Crippen LogP contribution in [0, 0.1) is 0 Å². The molecule has 3 saturated heterocycles. The van der Waals surface area contributed by atoms with Gasteiger partial charge in [0.2, 0.25) is 0 Å². The van der Waals surface area contributed by atoms with Crippen molar-refractivity contribution >= 4 is 0 Å². The van der Waals surface area contributed by atoms with Crippen LogP contribution in [0.5, 0.6) is 0 Å². The molecular formula is C19H34O16. The molecule has 0 unspecified atom stereocenters. The summed E-state index contributed by atoms with van der Waals surface area (Å²) in [5, 5.41) is 99.9. The highest BCUT2D eigenvalue weighted by Crippen LogP contribution is 2.33. The molecule has 0 saturated carbocycles. The van der Waals surface area contributed by atoms with Crippen molar-refractivity contribution in [1.82, 2.24) is 0 Å². The SMILES string of the molecule is CO[C@H]1O[C@H](CO)[C@@H](O)[C@H](O[C@@H]2O[C@H](CO)[C@@H](O)[C@H](O)[C@H]2O)[C@@H]1O[C@@H]1O[C@H](CO)[C@@H](O)[C@H](O)[C@H]1O. The summed E-state index contributed by atoms with van der Waals surface area (Å²) in [6.45, 7) is -2.19. The third-order valence-corrected chi connectivity index (χ3v) is 6.31. The van der Waals surface area contributed by atoms with Crippen LogP contribution in [0.4, 0.5) is 0 Å². The summed E-state index contributed by atoms with van der Waals surface area (Å²) in [7, 11) is 1.19. The molecule has 3 rings (SSSR count). The average molecular weight is 518 g/mol. The smallest absolute Gasteiger partial charge is 0.187 e. The van der Waals surface area contributed by atoms with Gasteiger partial charge in [-0.3, -0.25) is 0 Å². The second-order valence-electron chi connectivity index (χ2n) is 8.55. The number of aliphatic hydroxyl groups is 10. The molecule has 3 fully saturated rings. The van der Waals surface area contributed by atoms with E-state index >= 15 is 0 Å². The number of hydrogen-bond acceptors (Lipinski definition) is 16. The first-order chi connectivity index (χ1) is 16.6. The van der Waals surface area contributed by atoms with Gasteiger partial charge in [0.15, 0.2) is 18.9 Å². The third kappa shape index (κ3) is 5.78. The molecule has 0 aromatic carbocycles. The molecule has 0 spiro atoms. The van der Waals surface area contributed by atoms with E-state index in [9.17, 15) is 51.1 Å². The van der Waals surface area contributed by atoms with E-state index in [-0.39, 0.29) is 0 Å². The Hall–Kier alpha value is -0.640. The molecule has 0 amide bonds. The Kier molecular flexibility index (Phi) is 10.1. The molecule has 0 bridgehead atoms. The quantitative estimate of drug-likeness (QED) is 0.143. The molecular weight excluding hydrogens is 484 g/mol. The minimum Gasteiger partial charge on any atom is -0.394 e. The van der Waals surface area contributed by atoms with Crippen LogP contribution in [0.3, 0.4) is 0 Å². The number of rotatable bonds is 8. The van der Waals surface area contributed by atoms with Gasteiger partial charge in [-0.1, -0.05) is 0 Å². The maximum Gasteiger partial charge on any atom is 0.187 e. The van der Waals surface area contributed by atoms with Gasteiger partial charge < -0.3 is 79.5 Å². The molecule has 0 aliphatic carbocycles. The molecule has 0 radical (unpaired) electrons. The Balaban J connectivity index is 1.86. The minimum absolute atomic E-state index is 0.706. The zero-order valence-electron chi connectivity index (χ0n) is 18.7. The van der Waals surface area contributed by atoms with Crippen LogP contribution in [0.25, 0.3) is 0 Å². The second-order valence-corrected chi connectivity index (χ2v) is 8.55. The first-order valence-corrected chi connectivity index (χ1v) is 11.0. The third-order valence-electron chi connectivity index (χ3n) is 6.31. The van der Waals surface area contributed by atoms with Crippen LogP contribution in [0.1, 0.15) is 0 Å². The Morgan fingerprint density at radius 2 is 0.857 bits per heavy atom. The largest absolute Gasteiger partial charge is 0.394 e. The monoisotopic (exact) mass is 518 g/mol. The van der Waals surface area contributed by atoms with E-state index in [4.69, 9.17) is 28.4 Å². The lowest BCUT2D eigenvalue weighted by atomic mass is 9.96. The molecule has 206 valence electrons. The highest BCUT2D eigenvalue weighted by Gasteiger charge is 2.54. The van der Waals surface area contributed by atoms with Gasteiger partial charge in [0, 0.05) is 7.11 Å². The summed E-state index contributed by atoms with van der Waals surface area (Å²) >= 11 is 0. The van der Waals surface area contributed by atoms with Crippen LogP contribution in [-0.2, 0) is 28.4 Å². The Labute approximate surface area is 199 Å². The average Bonchev–Trinajstić information content (AvgIpc) is 2.86. The number of aliphatic hydroxyl groups excluding tert-OH is 10. The lowest BCUT2D eigenvalue weighted by Gasteiger charge is -2.48. The van der Waals surface area contributed by atoms with E-state index in [0.29, 0.717) is 0 Å². The van der Waals surface area contributed by atoms with E-state index in [1.165, 1.54) is 7.11 Å². The Morgan fingerprint density at radius 3 is 1.26 bits per heavy atom. The summed E-state index contributed by atoms with van der Waals surface area (Å²) in [5.74, 6) is 0. The summed E-state index contributed by atoms with van der Waals surface area (Å²) in [6, 6.07) is 0. The number of hydrogen-bond donors (Lipinski definition) is 10. The van der Waals surface area contributed by atoms with Crippen molar-refractivity contribution in [2.45, 2.75) is 92.1 Å². The zero-order chi connectivity index (χ0) is 26.0. The zero-order valence-corrected chi connectivity index (χ0v) is 18.7. The van der Waals surface area contributed by atoms with Crippen LogP contribution >= 0.6 is 0 Å². The van der Waals surface area contributed by atoms with Crippen LogP contribution in [-0.4, -0.2) is 170 Å². The predicted octanol–water partition coefficient (Wildman–Crippen LogP) is -6.92. The first-order valence-electron chi connectivity index (χ1n) is 11.0. The van der Waals surface area contributed by atoms with Gasteiger partial charge in [0.1, 0.15) is 73.2 Å². The highest BCUT2D eigenvalue weighted by atomic mass is 16.8. The van der Waals surface area contributed by atoms with Gasteiger partial charge >= 0.3 is 0 Å². The van der Waals surface area contributed by atoms with E-state index in [2.05, 4.69) is 0 Å². The fraction of sp³-hybridized carbons (Fsp3) is 1.00. The normalized spacial score (nSPS) is 51.3. The summed E-state index contributed by atoms with van der Waals surface area (Å²) in [6.07, 6.45) is -24.1. The predicted molar refractivity (Wildman–Crippen MR) is 106 cm³/mol. The standard InChI is InChI=1S/C19H34O16/c1-30-19-16(35-18-14(29)12(27)9(24)6(3-21)32-18)15(10(25)7(4-22)33-19)34-17-13(28)11(26)8(23)5(2-20)31-17/h5-29H,2-4H2,1H3/t5-,6-,7-,8-,9-,10-,11+,12+,13-,14-,15+,16+,17+,18+,19+/m1/s1. The fourth-order valence-electron chi connectivity index (χ4n) is 4.20.